The van der Waals surface area contributed by atoms with Gasteiger partial charge in [0.15, 0.2) is 0 Å². The molecule has 0 saturated carbocycles. The minimum Gasteiger partial charge on any atom is -0.324 e. The SMILES string of the molecule is CCC(N)c1ccc(C)nc1. The van der Waals surface area contributed by atoms with E-state index >= 15 is 0 Å². The van der Waals surface area contributed by atoms with Crippen LogP contribution in [0.2, 0.25) is 0 Å². The fraction of sp³-hybridized carbons (Fsp3) is 0.444. The highest BCUT2D eigenvalue weighted by molar-refractivity contribution is 5.16. The van der Waals surface area contributed by atoms with Gasteiger partial charge in [-0.2, -0.15) is 0 Å². The van der Waals surface area contributed by atoms with Crippen molar-refractivity contribution in [2.45, 2.75) is 26.3 Å². The molecule has 2 heteroatoms. The van der Waals surface area contributed by atoms with Crippen molar-refractivity contribution >= 4 is 0 Å². The summed E-state index contributed by atoms with van der Waals surface area (Å²) in [5, 5.41) is 0. The van der Waals surface area contributed by atoms with Gasteiger partial charge < -0.3 is 5.73 Å². The summed E-state index contributed by atoms with van der Waals surface area (Å²) in [5.74, 6) is 0. The van der Waals surface area contributed by atoms with Crippen molar-refractivity contribution in [3.8, 4) is 0 Å². The third-order valence-electron chi connectivity index (χ3n) is 1.80. The van der Waals surface area contributed by atoms with Crippen LogP contribution < -0.4 is 5.73 Å². The van der Waals surface area contributed by atoms with Crippen LogP contribution in [0.5, 0.6) is 0 Å². The zero-order valence-electron chi connectivity index (χ0n) is 7.04. The van der Waals surface area contributed by atoms with Crippen LogP contribution >= 0.6 is 0 Å². The van der Waals surface area contributed by atoms with Crippen molar-refractivity contribution in [2.24, 2.45) is 5.73 Å². The predicted octanol–water partition coefficient (Wildman–Crippen LogP) is 1.80. The van der Waals surface area contributed by atoms with E-state index in [0.29, 0.717) is 0 Å². The fourth-order valence-electron chi connectivity index (χ4n) is 0.934. The Balaban J connectivity index is 2.81. The molecule has 0 aliphatic rings. The van der Waals surface area contributed by atoms with Gasteiger partial charge in [0.05, 0.1) is 0 Å². The van der Waals surface area contributed by atoms with Crippen LogP contribution in [-0.4, -0.2) is 4.98 Å². The van der Waals surface area contributed by atoms with Crippen molar-refractivity contribution in [3.05, 3.63) is 29.6 Å². The van der Waals surface area contributed by atoms with Crippen molar-refractivity contribution in [1.82, 2.24) is 4.98 Å². The molecule has 60 valence electrons. The number of aromatic nitrogens is 1. The Hall–Kier alpha value is -0.890. The Morgan fingerprint density at radius 2 is 2.27 bits per heavy atom. The first-order chi connectivity index (χ1) is 5.24. The summed E-state index contributed by atoms with van der Waals surface area (Å²) in [4.78, 5) is 4.17. The molecule has 0 aliphatic carbocycles. The molecule has 1 heterocycles. The Morgan fingerprint density at radius 1 is 1.55 bits per heavy atom. The molecule has 2 nitrogen and oxygen atoms in total. The van der Waals surface area contributed by atoms with E-state index in [0.717, 1.165) is 17.7 Å². The maximum atomic E-state index is 5.80. The molecule has 1 unspecified atom stereocenters. The van der Waals surface area contributed by atoms with E-state index in [1.807, 2.05) is 25.3 Å². The lowest BCUT2D eigenvalue weighted by atomic mass is 10.1. The van der Waals surface area contributed by atoms with E-state index < -0.39 is 0 Å². The maximum absolute atomic E-state index is 5.80. The van der Waals surface area contributed by atoms with Gasteiger partial charge in [-0.3, -0.25) is 4.98 Å². The summed E-state index contributed by atoms with van der Waals surface area (Å²) in [7, 11) is 0. The molecular formula is C9H14N2. The Labute approximate surface area is 67.5 Å². The lowest BCUT2D eigenvalue weighted by molar-refractivity contribution is 0.694. The van der Waals surface area contributed by atoms with E-state index in [4.69, 9.17) is 5.73 Å². The van der Waals surface area contributed by atoms with Crippen molar-refractivity contribution in [1.29, 1.82) is 0 Å². The number of hydrogen-bond acceptors (Lipinski definition) is 2. The van der Waals surface area contributed by atoms with Gasteiger partial charge in [0.1, 0.15) is 0 Å². The summed E-state index contributed by atoms with van der Waals surface area (Å²) >= 11 is 0. The number of nitrogens with zero attached hydrogens (tertiary/aromatic N) is 1. The van der Waals surface area contributed by atoms with Gasteiger partial charge in [-0.1, -0.05) is 13.0 Å². The molecule has 0 fully saturated rings. The Morgan fingerprint density at radius 3 is 2.73 bits per heavy atom. The molecular weight excluding hydrogens is 136 g/mol. The van der Waals surface area contributed by atoms with E-state index in [1.165, 1.54) is 0 Å². The summed E-state index contributed by atoms with van der Waals surface area (Å²) in [6.07, 6.45) is 2.81. The number of hydrogen-bond donors (Lipinski definition) is 1. The standard InChI is InChI=1S/C9H14N2/c1-3-9(10)8-5-4-7(2)11-6-8/h4-6,9H,3,10H2,1-2H3. The normalized spacial score (nSPS) is 13.0. The topological polar surface area (TPSA) is 38.9 Å². The summed E-state index contributed by atoms with van der Waals surface area (Å²) in [6, 6.07) is 4.17. The number of pyridine rings is 1. The molecule has 0 saturated heterocycles. The molecule has 1 aromatic heterocycles. The molecule has 0 spiro atoms. The highest BCUT2D eigenvalue weighted by atomic mass is 14.7. The maximum Gasteiger partial charge on any atom is 0.0372 e. The minimum atomic E-state index is 0.142. The zero-order chi connectivity index (χ0) is 8.27. The first-order valence-corrected chi connectivity index (χ1v) is 3.92. The predicted molar refractivity (Wildman–Crippen MR) is 46.2 cm³/mol. The first-order valence-electron chi connectivity index (χ1n) is 3.92. The quantitative estimate of drug-likeness (QED) is 0.698. The lowest BCUT2D eigenvalue weighted by Crippen LogP contribution is -2.08. The molecule has 1 rings (SSSR count). The van der Waals surface area contributed by atoms with Crippen molar-refractivity contribution < 1.29 is 0 Å². The van der Waals surface area contributed by atoms with Gasteiger partial charge >= 0.3 is 0 Å². The van der Waals surface area contributed by atoms with Crippen LogP contribution in [0.4, 0.5) is 0 Å². The molecule has 2 N–H and O–H groups in total. The Kier molecular flexibility index (Phi) is 2.60. The third kappa shape index (κ3) is 2.02. The van der Waals surface area contributed by atoms with Gasteiger partial charge in [-0.15, -0.1) is 0 Å². The second kappa shape index (κ2) is 3.49. The van der Waals surface area contributed by atoms with Crippen LogP contribution in [0.3, 0.4) is 0 Å². The summed E-state index contributed by atoms with van der Waals surface area (Å²) in [5.41, 5.74) is 7.97. The molecule has 11 heavy (non-hydrogen) atoms. The highest BCUT2D eigenvalue weighted by Gasteiger charge is 2.01. The van der Waals surface area contributed by atoms with Gasteiger partial charge in [-0.25, -0.2) is 0 Å². The third-order valence-corrected chi connectivity index (χ3v) is 1.80. The van der Waals surface area contributed by atoms with Crippen LogP contribution in [0, 0.1) is 6.92 Å². The molecule has 0 bridgehead atoms. The summed E-state index contributed by atoms with van der Waals surface area (Å²) < 4.78 is 0. The highest BCUT2D eigenvalue weighted by Crippen LogP contribution is 2.11. The van der Waals surface area contributed by atoms with E-state index in [2.05, 4.69) is 11.9 Å². The first kappa shape index (κ1) is 8.21. The van der Waals surface area contributed by atoms with Crippen molar-refractivity contribution in [3.63, 3.8) is 0 Å². The van der Waals surface area contributed by atoms with E-state index in [-0.39, 0.29) is 6.04 Å². The number of rotatable bonds is 2. The Bertz CT molecular complexity index is 216. The monoisotopic (exact) mass is 150 g/mol. The lowest BCUT2D eigenvalue weighted by Gasteiger charge is -2.07. The molecule has 0 aliphatic heterocycles. The average molecular weight is 150 g/mol. The largest absolute Gasteiger partial charge is 0.324 e. The van der Waals surface area contributed by atoms with E-state index in [9.17, 15) is 0 Å². The molecule has 0 aromatic carbocycles. The smallest absolute Gasteiger partial charge is 0.0372 e. The van der Waals surface area contributed by atoms with Gasteiger partial charge in [0.2, 0.25) is 0 Å². The average Bonchev–Trinajstić information content (AvgIpc) is 2.05. The van der Waals surface area contributed by atoms with Gasteiger partial charge in [0.25, 0.3) is 0 Å². The zero-order valence-corrected chi connectivity index (χ0v) is 7.04. The molecule has 0 amide bonds. The van der Waals surface area contributed by atoms with Gasteiger partial charge in [-0.05, 0) is 25.0 Å². The van der Waals surface area contributed by atoms with Crippen LogP contribution in [0.15, 0.2) is 18.3 Å². The second-order valence-electron chi connectivity index (χ2n) is 2.75. The summed E-state index contributed by atoms with van der Waals surface area (Å²) in [6.45, 7) is 4.05. The van der Waals surface area contributed by atoms with Crippen LogP contribution in [-0.2, 0) is 0 Å². The molecule has 1 aromatic rings. The van der Waals surface area contributed by atoms with Crippen molar-refractivity contribution in [2.75, 3.05) is 0 Å². The van der Waals surface area contributed by atoms with Gasteiger partial charge in [0, 0.05) is 17.9 Å². The van der Waals surface area contributed by atoms with Crippen LogP contribution in [0.1, 0.15) is 30.6 Å². The fourth-order valence-corrected chi connectivity index (χ4v) is 0.934. The van der Waals surface area contributed by atoms with E-state index in [1.54, 1.807) is 0 Å². The second-order valence-corrected chi connectivity index (χ2v) is 2.75. The number of aryl methyl sites for hydroxylation is 1. The molecule has 0 radical (unpaired) electrons. The number of nitrogens with two attached hydrogens (primary N) is 1. The van der Waals surface area contributed by atoms with Crippen LogP contribution in [0.25, 0.3) is 0 Å². The minimum absolute atomic E-state index is 0.142. The molecule has 1 atom stereocenters.